The lowest BCUT2D eigenvalue weighted by Crippen LogP contribution is -2.09. The highest BCUT2D eigenvalue weighted by Crippen LogP contribution is 2.47. The van der Waals surface area contributed by atoms with E-state index in [-0.39, 0.29) is 0 Å². The van der Waals surface area contributed by atoms with E-state index in [1.54, 1.807) is 0 Å². The standard InChI is InChI=1S/C48H32N2O/c1-5-15-33(16-6-1)34-25-27-38(28-26-34)50-42-31-39(49(36-19-9-3-10-20-36)37-21-11-4-12-22-37)29-30-40(42)47-43(50)32-45-48(41-23-13-14-24-44(41)51-45)46(47)35-17-7-2-8-18-35/h1-32H. The van der Waals surface area contributed by atoms with Gasteiger partial charge in [0, 0.05) is 55.9 Å². The maximum absolute atomic E-state index is 6.64. The van der Waals surface area contributed by atoms with E-state index in [0.717, 1.165) is 61.3 Å². The van der Waals surface area contributed by atoms with E-state index in [1.807, 2.05) is 6.07 Å². The molecule has 0 fully saturated rings. The number of anilines is 3. The number of hydrogen-bond donors (Lipinski definition) is 0. The number of rotatable bonds is 6. The lowest BCUT2D eigenvalue weighted by atomic mass is 9.94. The molecule has 51 heavy (non-hydrogen) atoms. The largest absolute Gasteiger partial charge is 0.456 e. The summed E-state index contributed by atoms with van der Waals surface area (Å²) in [5, 5.41) is 4.66. The zero-order chi connectivity index (χ0) is 33.7. The molecule has 8 aromatic carbocycles. The van der Waals surface area contributed by atoms with E-state index in [4.69, 9.17) is 4.42 Å². The molecular weight excluding hydrogens is 621 g/mol. The van der Waals surface area contributed by atoms with Crippen molar-refractivity contribution in [1.29, 1.82) is 0 Å². The van der Waals surface area contributed by atoms with Crippen molar-refractivity contribution in [1.82, 2.24) is 4.57 Å². The van der Waals surface area contributed by atoms with E-state index >= 15 is 0 Å². The second kappa shape index (κ2) is 11.9. The summed E-state index contributed by atoms with van der Waals surface area (Å²) in [6.07, 6.45) is 0. The fourth-order valence-electron chi connectivity index (χ4n) is 7.71. The molecule has 0 N–H and O–H groups in total. The molecule has 0 bridgehead atoms. The molecule has 240 valence electrons. The molecule has 10 rings (SSSR count). The Labute approximate surface area is 295 Å². The first-order valence-corrected chi connectivity index (χ1v) is 17.4. The summed E-state index contributed by atoms with van der Waals surface area (Å²) >= 11 is 0. The first kappa shape index (κ1) is 29.1. The van der Waals surface area contributed by atoms with Crippen LogP contribution in [0.5, 0.6) is 0 Å². The van der Waals surface area contributed by atoms with Crippen molar-refractivity contribution in [3.8, 4) is 27.9 Å². The fraction of sp³-hybridized carbons (Fsp3) is 0. The highest BCUT2D eigenvalue weighted by molar-refractivity contribution is 6.27. The molecule has 0 saturated heterocycles. The molecule has 10 aromatic rings. The predicted molar refractivity (Wildman–Crippen MR) is 214 cm³/mol. The van der Waals surface area contributed by atoms with Gasteiger partial charge in [0.05, 0.1) is 11.0 Å². The van der Waals surface area contributed by atoms with Gasteiger partial charge in [0.2, 0.25) is 0 Å². The number of nitrogens with zero attached hydrogens (tertiary/aromatic N) is 2. The van der Waals surface area contributed by atoms with E-state index < -0.39 is 0 Å². The van der Waals surface area contributed by atoms with E-state index in [1.165, 1.54) is 27.5 Å². The maximum Gasteiger partial charge on any atom is 0.138 e. The molecule has 0 aliphatic heterocycles. The van der Waals surface area contributed by atoms with Crippen LogP contribution in [0.25, 0.3) is 71.7 Å². The Morgan fingerprint density at radius 1 is 0.373 bits per heavy atom. The summed E-state index contributed by atoms with van der Waals surface area (Å²) in [5.41, 5.74) is 13.1. The Balaban J connectivity index is 1.32. The van der Waals surface area contributed by atoms with Gasteiger partial charge in [-0.05, 0) is 71.3 Å². The summed E-state index contributed by atoms with van der Waals surface area (Å²) in [4.78, 5) is 2.33. The smallest absolute Gasteiger partial charge is 0.138 e. The molecule has 3 heteroatoms. The Morgan fingerprint density at radius 2 is 0.941 bits per heavy atom. The van der Waals surface area contributed by atoms with Crippen LogP contribution < -0.4 is 4.90 Å². The van der Waals surface area contributed by atoms with Gasteiger partial charge in [-0.25, -0.2) is 0 Å². The van der Waals surface area contributed by atoms with Crippen LogP contribution in [0.2, 0.25) is 0 Å². The molecule has 0 saturated carbocycles. The minimum Gasteiger partial charge on any atom is -0.456 e. The normalized spacial score (nSPS) is 11.5. The third-order valence-electron chi connectivity index (χ3n) is 9.96. The van der Waals surface area contributed by atoms with E-state index in [2.05, 4.69) is 198 Å². The summed E-state index contributed by atoms with van der Waals surface area (Å²) in [6.45, 7) is 0. The molecule has 0 aliphatic rings. The van der Waals surface area contributed by atoms with Gasteiger partial charge in [-0.2, -0.15) is 0 Å². The third kappa shape index (κ3) is 4.82. The average molecular weight is 653 g/mol. The molecular formula is C48H32N2O. The lowest BCUT2D eigenvalue weighted by Gasteiger charge is -2.25. The molecule has 0 unspecified atom stereocenters. The molecule has 2 aromatic heterocycles. The van der Waals surface area contributed by atoms with Crippen molar-refractivity contribution < 1.29 is 4.42 Å². The Hall–Kier alpha value is -6.84. The molecule has 0 radical (unpaired) electrons. The van der Waals surface area contributed by atoms with Crippen LogP contribution in [-0.4, -0.2) is 4.57 Å². The second-order valence-electron chi connectivity index (χ2n) is 12.9. The van der Waals surface area contributed by atoms with Crippen molar-refractivity contribution in [3.05, 3.63) is 194 Å². The van der Waals surface area contributed by atoms with Gasteiger partial charge < -0.3 is 13.9 Å². The van der Waals surface area contributed by atoms with Crippen molar-refractivity contribution in [2.45, 2.75) is 0 Å². The number of benzene rings is 8. The number of para-hydroxylation sites is 3. The summed E-state index contributed by atoms with van der Waals surface area (Å²) in [6, 6.07) is 69.0. The van der Waals surface area contributed by atoms with Crippen LogP contribution in [0, 0.1) is 0 Å². The van der Waals surface area contributed by atoms with Crippen LogP contribution in [0.15, 0.2) is 199 Å². The number of furan rings is 1. The predicted octanol–water partition coefficient (Wildman–Crippen LogP) is 13.5. The quantitative estimate of drug-likeness (QED) is 0.178. The van der Waals surface area contributed by atoms with Crippen LogP contribution in [0.4, 0.5) is 17.1 Å². The van der Waals surface area contributed by atoms with Crippen molar-refractivity contribution in [2.24, 2.45) is 0 Å². The SMILES string of the molecule is c1ccc(-c2ccc(-n3c4cc(N(c5ccccc5)c5ccccc5)ccc4c4c(-c5ccccc5)c5c(cc43)oc3ccccc35)cc2)cc1. The molecule has 0 amide bonds. The van der Waals surface area contributed by atoms with Crippen molar-refractivity contribution in [3.63, 3.8) is 0 Å². The molecule has 3 nitrogen and oxygen atoms in total. The minimum absolute atomic E-state index is 0.878. The van der Waals surface area contributed by atoms with Crippen LogP contribution in [0.3, 0.4) is 0 Å². The average Bonchev–Trinajstić information content (AvgIpc) is 3.73. The van der Waals surface area contributed by atoms with Crippen LogP contribution in [-0.2, 0) is 0 Å². The number of hydrogen-bond acceptors (Lipinski definition) is 2. The first-order chi connectivity index (χ1) is 25.3. The highest BCUT2D eigenvalue weighted by atomic mass is 16.3. The third-order valence-corrected chi connectivity index (χ3v) is 9.96. The fourth-order valence-corrected chi connectivity index (χ4v) is 7.71. The van der Waals surface area contributed by atoms with Crippen molar-refractivity contribution in [2.75, 3.05) is 4.90 Å². The Bertz CT molecular complexity index is 2780. The zero-order valence-corrected chi connectivity index (χ0v) is 27.8. The minimum atomic E-state index is 0.878. The van der Waals surface area contributed by atoms with Gasteiger partial charge >= 0.3 is 0 Å². The van der Waals surface area contributed by atoms with E-state index in [0.29, 0.717) is 0 Å². The van der Waals surface area contributed by atoms with Crippen molar-refractivity contribution >= 4 is 60.8 Å². The number of fused-ring (bicyclic) bond motifs is 6. The Kier molecular flexibility index (Phi) is 6.81. The summed E-state index contributed by atoms with van der Waals surface area (Å²) in [7, 11) is 0. The molecule has 0 atom stereocenters. The summed E-state index contributed by atoms with van der Waals surface area (Å²) in [5.74, 6) is 0. The van der Waals surface area contributed by atoms with Gasteiger partial charge in [0.15, 0.2) is 0 Å². The molecule has 2 heterocycles. The first-order valence-electron chi connectivity index (χ1n) is 17.4. The molecule has 0 spiro atoms. The highest BCUT2D eigenvalue weighted by Gasteiger charge is 2.24. The van der Waals surface area contributed by atoms with Gasteiger partial charge in [0.1, 0.15) is 11.2 Å². The number of aromatic nitrogens is 1. The molecule has 0 aliphatic carbocycles. The van der Waals surface area contributed by atoms with Crippen LogP contribution >= 0.6 is 0 Å². The maximum atomic E-state index is 6.64. The van der Waals surface area contributed by atoms with Gasteiger partial charge in [-0.1, -0.05) is 133 Å². The lowest BCUT2D eigenvalue weighted by molar-refractivity contribution is 0.669. The monoisotopic (exact) mass is 652 g/mol. The van der Waals surface area contributed by atoms with Gasteiger partial charge in [0.25, 0.3) is 0 Å². The van der Waals surface area contributed by atoms with Gasteiger partial charge in [-0.15, -0.1) is 0 Å². The topological polar surface area (TPSA) is 21.3 Å². The Morgan fingerprint density at radius 3 is 1.61 bits per heavy atom. The van der Waals surface area contributed by atoms with Gasteiger partial charge in [-0.3, -0.25) is 0 Å². The zero-order valence-electron chi connectivity index (χ0n) is 27.8. The van der Waals surface area contributed by atoms with Crippen LogP contribution in [0.1, 0.15) is 0 Å². The van der Waals surface area contributed by atoms with E-state index in [9.17, 15) is 0 Å². The second-order valence-corrected chi connectivity index (χ2v) is 12.9. The summed E-state index contributed by atoms with van der Waals surface area (Å²) < 4.78 is 9.06.